The van der Waals surface area contributed by atoms with Gasteiger partial charge in [0, 0.05) is 18.9 Å². The van der Waals surface area contributed by atoms with E-state index in [-0.39, 0.29) is 0 Å². The van der Waals surface area contributed by atoms with Crippen LogP contribution in [0.3, 0.4) is 0 Å². The Hall–Kier alpha value is -1.73. The minimum atomic E-state index is -2.64. The highest BCUT2D eigenvalue weighted by Gasteiger charge is 2.16. The first kappa shape index (κ1) is 16.6. The van der Waals surface area contributed by atoms with Crippen molar-refractivity contribution >= 4 is 13.1 Å². The van der Waals surface area contributed by atoms with Crippen LogP contribution in [-0.2, 0) is 4.57 Å². The fourth-order valence-corrected chi connectivity index (χ4v) is 3.32. The lowest BCUT2D eigenvalue weighted by Gasteiger charge is -2.16. The predicted molar refractivity (Wildman–Crippen MR) is 94.5 cm³/mol. The van der Waals surface area contributed by atoms with Crippen molar-refractivity contribution in [1.29, 1.82) is 0 Å². The van der Waals surface area contributed by atoms with Gasteiger partial charge in [-0.2, -0.15) is 0 Å². The lowest BCUT2D eigenvalue weighted by atomic mass is 10.0. The summed E-state index contributed by atoms with van der Waals surface area (Å²) in [5.74, 6) is 1.19. The van der Waals surface area contributed by atoms with E-state index in [0.717, 1.165) is 5.69 Å². The molecule has 0 aliphatic rings. The zero-order valence-electron chi connectivity index (χ0n) is 13.5. The van der Waals surface area contributed by atoms with Crippen LogP contribution in [-0.4, -0.2) is 19.4 Å². The third-order valence-electron chi connectivity index (χ3n) is 3.47. The second-order valence-corrected chi connectivity index (χ2v) is 8.50. The molecule has 2 aromatic rings. The molecule has 0 heterocycles. The first-order valence-corrected chi connectivity index (χ1v) is 9.87. The van der Waals surface area contributed by atoms with Gasteiger partial charge < -0.3 is 9.84 Å². The van der Waals surface area contributed by atoms with Crippen molar-refractivity contribution < 1.29 is 9.09 Å². The molecule has 0 aliphatic heterocycles. The molecule has 0 saturated heterocycles. The Bertz CT molecular complexity index is 623. The summed E-state index contributed by atoms with van der Waals surface area (Å²) in [5.41, 5.74) is 2.36. The van der Waals surface area contributed by atoms with Crippen LogP contribution in [0.4, 0.5) is 5.69 Å². The molecule has 2 aromatic carbocycles. The molecular weight excluding hydrogens is 293 g/mol. The fraction of sp³-hybridized carbons (Fsp3) is 0.333. The van der Waals surface area contributed by atoms with Gasteiger partial charge in [0.2, 0.25) is 7.37 Å². The molecule has 0 aliphatic carbocycles. The molecule has 22 heavy (non-hydrogen) atoms. The molecule has 0 spiro atoms. The Labute approximate surface area is 133 Å². The van der Waals surface area contributed by atoms with Gasteiger partial charge in [-0.3, -0.25) is 4.57 Å². The number of para-hydroxylation sites is 1. The molecule has 0 amide bonds. The van der Waals surface area contributed by atoms with Gasteiger partial charge in [-0.25, -0.2) is 0 Å². The standard InChI is InChI=1S/C18H24NO2P/c1-15(2)16-9-11-17(12-10-16)19-13-14-22(3,20)21-18-7-5-4-6-8-18/h4-12,15,19H,13-14H2,1-3H3. The van der Waals surface area contributed by atoms with Gasteiger partial charge in [0.15, 0.2) is 0 Å². The van der Waals surface area contributed by atoms with Crippen molar-refractivity contribution in [3.8, 4) is 5.75 Å². The van der Waals surface area contributed by atoms with Crippen molar-refractivity contribution in [2.45, 2.75) is 19.8 Å². The van der Waals surface area contributed by atoms with Crippen molar-refractivity contribution in [2.24, 2.45) is 0 Å². The average Bonchev–Trinajstić information content (AvgIpc) is 2.48. The molecular formula is C18H24NO2P. The Morgan fingerprint density at radius 3 is 2.27 bits per heavy atom. The molecule has 1 N–H and O–H groups in total. The lowest BCUT2D eigenvalue weighted by Crippen LogP contribution is -2.09. The molecule has 2 rings (SSSR count). The highest BCUT2D eigenvalue weighted by molar-refractivity contribution is 7.58. The van der Waals surface area contributed by atoms with Gasteiger partial charge in [-0.05, 0) is 35.7 Å². The zero-order valence-corrected chi connectivity index (χ0v) is 14.3. The topological polar surface area (TPSA) is 38.3 Å². The zero-order chi connectivity index (χ0) is 16.0. The van der Waals surface area contributed by atoms with Gasteiger partial charge >= 0.3 is 0 Å². The van der Waals surface area contributed by atoms with Gasteiger partial charge in [0.1, 0.15) is 5.75 Å². The van der Waals surface area contributed by atoms with Crippen molar-refractivity contribution in [3.05, 3.63) is 60.2 Å². The smallest absolute Gasteiger partial charge is 0.246 e. The number of rotatable bonds is 7. The van der Waals surface area contributed by atoms with Gasteiger partial charge in [-0.1, -0.05) is 44.2 Å². The molecule has 0 saturated carbocycles. The summed E-state index contributed by atoms with van der Waals surface area (Å²) in [7, 11) is -2.64. The Morgan fingerprint density at radius 2 is 1.68 bits per heavy atom. The van der Waals surface area contributed by atoms with Crippen LogP contribution in [0.2, 0.25) is 0 Å². The van der Waals surface area contributed by atoms with Gasteiger partial charge in [0.25, 0.3) is 0 Å². The second kappa shape index (κ2) is 7.51. The molecule has 0 radical (unpaired) electrons. The first-order valence-electron chi connectivity index (χ1n) is 7.61. The number of anilines is 1. The summed E-state index contributed by atoms with van der Waals surface area (Å²) in [6.07, 6.45) is 0.494. The first-order chi connectivity index (χ1) is 10.5. The number of hydrogen-bond donors (Lipinski definition) is 1. The molecule has 1 atom stereocenters. The summed E-state index contributed by atoms with van der Waals surface area (Å²) in [6, 6.07) is 17.7. The minimum Gasteiger partial charge on any atom is -0.443 e. The number of hydrogen-bond acceptors (Lipinski definition) is 3. The third kappa shape index (κ3) is 5.23. The quantitative estimate of drug-likeness (QED) is 0.712. The average molecular weight is 317 g/mol. The summed E-state index contributed by atoms with van der Waals surface area (Å²) in [5, 5.41) is 3.30. The van der Waals surface area contributed by atoms with Gasteiger partial charge in [0.05, 0.1) is 6.16 Å². The number of benzene rings is 2. The van der Waals surface area contributed by atoms with Crippen LogP contribution < -0.4 is 9.84 Å². The van der Waals surface area contributed by atoms with E-state index < -0.39 is 7.37 Å². The summed E-state index contributed by atoms with van der Waals surface area (Å²) >= 11 is 0. The molecule has 0 bridgehead atoms. The minimum absolute atomic E-state index is 0.494. The molecule has 4 heteroatoms. The molecule has 118 valence electrons. The molecule has 0 aromatic heterocycles. The van der Waals surface area contributed by atoms with Gasteiger partial charge in [-0.15, -0.1) is 0 Å². The SMILES string of the molecule is CC(C)c1ccc(NCCP(C)(=O)Oc2ccccc2)cc1. The van der Waals surface area contributed by atoms with E-state index in [4.69, 9.17) is 4.52 Å². The highest BCUT2D eigenvalue weighted by Crippen LogP contribution is 2.42. The van der Waals surface area contributed by atoms with Crippen molar-refractivity contribution in [1.82, 2.24) is 0 Å². The maximum absolute atomic E-state index is 12.5. The fourth-order valence-electron chi connectivity index (χ4n) is 2.14. The molecule has 3 nitrogen and oxygen atoms in total. The van der Waals surface area contributed by atoms with Crippen molar-refractivity contribution in [2.75, 3.05) is 24.7 Å². The van der Waals surface area contributed by atoms with Crippen LogP contribution in [0.25, 0.3) is 0 Å². The van der Waals surface area contributed by atoms with Crippen LogP contribution in [0.15, 0.2) is 54.6 Å². The normalized spacial score (nSPS) is 13.6. The maximum atomic E-state index is 12.5. The Morgan fingerprint density at radius 1 is 1.05 bits per heavy atom. The van der Waals surface area contributed by atoms with E-state index in [9.17, 15) is 4.57 Å². The largest absolute Gasteiger partial charge is 0.443 e. The Balaban J connectivity index is 1.83. The van der Waals surface area contributed by atoms with Crippen LogP contribution in [0.1, 0.15) is 25.3 Å². The number of nitrogens with one attached hydrogen (secondary N) is 1. The maximum Gasteiger partial charge on any atom is 0.246 e. The van der Waals surface area contributed by atoms with Crippen molar-refractivity contribution in [3.63, 3.8) is 0 Å². The third-order valence-corrected chi connectivity index (χ3v) is 5.10. The van der Waals surface area contributed by atoms with Crippen LogP contribution in [0.5, 0.6) is 5.75 Å². The predicted octanol–water partition coefficient (Wildman–Crippen LogP) is 5.21. The monoisotopic (exact) mass is 317 g/mol. The second-order valence-electron chi connectivity index (χ2n) is 5.85. The van der Waals surface area contributed by atoms with E-state index in [1.807, 2.05) is 30.3 Å². The van der Waals surface area contributed by atoms with E-state index in [1.165, 1.54) is 5.56 Å². The van der Waals surface area contributed by atoms with Crippen LogP contribution in [0, 0.1) is 0 Å². The van der Waals surface area contributed by atoms with E-state index >= 15 is 0 Å². The van der Waals surface area contributed by atoms with E-state index in [1.54, 1.807) is 6.66 Å². The summed E-state index contributed by atoms with van der Waals surface area (Å²) < 4.78 is 18.1. The Kier molecular flexibility index (Phi) is 5.68. The highest BCUT2D eigenvalue weighted by atomic mass is 31.2. The molecule has 0 fully saturated rings. The lowest BCUT2D eigenvalue weighted by molar-refractivity contribution is 0.488. The van der Waals surface area contributed by atoms with E-state index in [0.29, 0.717) is 24.4 Å². The van der Waals surface area contributed by atoms with Crippen LogP contribution >= 0.6 is 7.37 Å². The molecule has 1 unspecified atom stereocenters. The summed E-state index contributed by atoms with van der Waals surface area (Å²) in [4.78, 5) is 0. The summed E-state index contributed by atoms with van der Waals surface area (Å²) in [6.45, 7) is 6.67. The van der Waals surface area contributed by atoms with E-state index in [2.05, 4.69) is 43.4 Å².